The standard InChI is InChI=1S/C11H11NO4/c1-16-10(13)4-2-3-9-7-8(11(14)15)5-6-12-9/h2-3,5-7H,4H2,1H3,(H,14,15). The predicted molar refractivity (Wildman–Crippen MR) is 56.9 cm³/mol. The molecule has 0 fully saturated rings. The largest absolute Gasteiger partial charge is 0.478 e. The number of aromatic nitrogens is 1. The molecule has 0 atom stereocenters. The molecular formula is C11H11NO4. The second-order valence-electron chi connectivity index (χ2n) is 2.96. The number of rotatable bonds is 4. The van der Waals surface area contributed by atoms with E-state index in [1.54, 1.807) is 12.2 Å². The van der Waals surface area contributed by atoms with E-state index in [9.17, 15) is 9.59 Å². The summed E-state index contributed by atoms with van der Waals surface area (Å²) in [5.74, 6) is -1.37. The Bertz CT molecular complexity index is 426. The molecular weight excluding hydrogens is 210 g/mol. The topological polar surface area (TPSA) is 76.5 Å². The van der Waals surface area contributed by atoms with Gasteiger partial charge in [0.15, 0.2) is 0 Å². The molecule has 0 saturated heterocycles. The van der Waals surface area contributed by atoms with Crippen LogP contribution in [0.3, 0.4) is 0 Å². The van der Waals surface area contributed by atoms with E-state index < -0.39 is 5.97 Å². The van der Waals surface area contributed by atoms with Gasteiger partial charge in [-0.1, -0.05) is 6.08 Å². The zero-order valence-electron chi connectivity index (χ0n) is 8.71. The van der Waals surface area contributed by atoms with Crippen molar-refractivity contribution in [3.63, 3.8) is 0 Å². The van der Waals surface area contributed by atoms with E-state index in [1.165, 1.54) is 25.4 Å². The summed E-state index contributed by atoms with van der Waals surface area (Å²) in [5, 5.41) is 8.73. The van der Waals surface area contributed by atoms with Gasteiger partial charge in [0, 0.05) is 6.20 Å². The lowest BCUT2D eigenvalue weighted by Gasteiger charge is -1.96. The van der Waals surface area contributed by atoms with E-state index in [0.29, 0.717) is 5.69 Å². The Kier molecular flexibility index (Phi) is 4.20. The number of methoxy groups -OCH3 is 1. The summed E-state index contributed by atoms with van der Waals surface area (Å²) < 4.78 is 4.45. The smallest absolute Gasteiger partial charge is 0.335 e. The second-order valence-corrected chi connectivity index (χ2v) is 2.96. The predicted octanol–water partition coefficient (Wildman–Crippen LogP) is 1.36. The summed E-state index contributed by atoms with van der Waals surface area (Å²) in [7, 11) is 1.31. The molecule has 0 unspecified atom stereocenters. The van der Waals surface area contributed by atoms with Crippen LogP contribution in [0.1, 0.15) is 22.5 Å². The van der Waals surface area contributed by atoms with Crippen molar-refractivity contribution in [1.82, 2.24) is 4.98 Å². The molecule has 16 heavy (non-hydrogen) atoms. The summed E-state index contributed by atoms with van der Waals surface area (Å²) in [6.07, 6.45) is 4.68. The highest BCUT2D eigenvalue weighted by Crippen LogP contribution is 2.04. The van der Waals surface area contributed by atoms with Gasteiger partial charge in [0.1, 0.15) is 0 Å². The van der Waals surface area contributed by atoms with E-state index in [0.717, 1.165) is 0 Å². The highest BCUT2D eigenvalue weighted by molar-refractivity contribution is 5.88. The van der Waals surface area contributed by atoms with Gasteiger partial charge in [-0.2, -0.15) is 0 Å². The minimum atomic E-state index is -1.01. The lowest BCUT2D eigenvalue weighted by Crippen LogP contribution is -1.98. The number of carbonyl (C=O) groups excluding carboxylic acids is 1. The quantitative estimate of drug-likeness (QED) is 0.777. The molecule has 1 aromatic heterocycles. The molecule has 84 valence electrons. The molecule has 0 bridgehead atoms. The average Bonchev–Trinajstić information content (AvgIpc) is 2.29. The monoisotopic (exact) mass is 221 g/mol. The molecule has 1 aromatic rings. The van der Waals surface area contributed by atoms with Crippen molar-refractivity contribution in [2.75, 3.05) is 7.11 Å². The van der Waals surface area contributed by atoms with Crippen LogP contribution in [-0.4, -0.2) is 29.1 Å². The molecule has 1 rings (SSSR count). The number of ether oxygens (including phenoxy) is 1. The van der Waals surface area contributed by atoms with Gasteiger partial charge in [-0.15, -0.1) is 0 Å². The summed E-state index contributed by atoms with van der Waals surface area (Å²) in [6, 6.07) is 2.83. The fraction of sp³-hybridized carbons (Fsp3) is 0.182. The number of hydrogen-bond donors (Lipinski definition) is 1. The molecule has 0 radical (unpaired) electrons. The number of carboxylic acids is 1. The third-order valence-electron chi connectivity index (χ3n) is 1.83. The lowest BCUT2D eigenvalue weighted by atomic mass is 10.2. The minimum Gasteiger partial charge on any atom is -0.478 e. The first-order valence-corrected chi connectivity index (χ1v) is 4.56. The average molecular weight is 221 g/mol. The van der Waals surface area contributed by atoms with Crippen molar-refractivity contribution in [2.45, 2.75) is 6.42 Å². The maximum Gasteiger partial charge on any atom is 0.335 e. The highest BCUT2D eigenvalue weighted by atomic mass is 16.5. The van der Waals surface area contributed by atoms with Gasteiger partial charge in [-0.05, 0) is 18.2 Å². The summed E-state index contributed by atoms with van der Waals surface area (Å²) in [5.41, 5.74) is 0.650. The van der Waals surface area contributed by atoms with Crippen LogP contribution in [0.15, 0.2) is 24.4 Å². The molecule has 0 amide bonds. The van der Waals surface area contributed by atoms with Crippen LogP contribution >= 0.6 is 0 Å². The van der Waals surface area contributed by atoms with Crippen molar-refractivity contribution in [1.29, 1.82) is 0 Å². The van der Waals surface area contributed by atoms with Crippen molar-refractivity contribution in [3.8, 4) is 0 Å². The first-order valence-electron chi connectivity index (χ1n) is 4.56. The van der Waals surface area contributed by atoms with Crippen molar-refractivity contribution in [2.24, 2.45) is 0 Å². The van der Waals surface area contributed by atoms with Crippen LogP contribution in [-0.2, 0) is 9.53 Å². The summed E-state index contributed by atoms with van der Waals surface area (Å²) in [6.45, 7) is 0. The Morgan fingerprint density at radius 1 is 1.56 bits per heavy atom. The fourth-order valence-electron chi connectivity index (χ4n) is 1.03. The minimum absolute atomic E-state index is 0.134. The third-order valence-corrected chi connectivity index (χ3v) is 1.83. The number of pyridine rings is 1. The maximum absolute atomic E-state index is 10.8. The Morgan fingerprint density at radius 3 is 2.94 bits per heavy atom. The molecule has 0 saturated carbocycles. The maximum atomic E-state index is 10.8. The van der Waals surface area contributed by atoms with Gasteiger partial charge in [0.25, 0.3) is 0 Å². The van der Waals surface area contributed by atoms with Crippen molar-refractivity contribution >= 4 is 18.0 Å². The molecule has 0 aromatic carbocycles. The zero-order valence-corrected chi connectivity index (χ0v) is 8.71. The molecule has 5 nitrogen and oxygen atoms in total. The number of aromatic carboxylic acids is 1. The van der Waals surface area contributed by atoms with Crippen LogP contribution in [0.25, 0.3) is 6.08 Å². The normalized spacial score (nSPS) is 10.3. The third kappa shape index (κ3) is 3.53. The number of nitrogens with zero attached hydrogens (tertiary/aromatic N) is 1. The van der Waals surface area contributed by atoms with Crippen LogP contribution in [0.4, 0.5) is 0 Å². The Morgan fingerprint density at radius 2 is 2.31 bits per heavy atom. The SMILES string of the molecule is COC(=O)CC=Cc1cc(C(=O)O)ccn1. The van der Waals surface area contributed by atoms with E-state index in [2.05, 4.69) is 9.72 Å². The van der Waals surface area contributed by atoms with Crippen molar-refractivity contribution < 1.29 is 19.4 Å². The molecule has 1 heterocycles. The van der Waals surface area contributed by atoms with E-state index in [4.69, 9.17) is 5.11 Å². The van der Waals surface area contributed by atoms with Crippen LogP contribution in [0, 0.1) is 0 Å². The van der Waals surface area contributed by atoms with Gasteiger partial charge < -0.3 is 9.84 Å². The summed E-state index contributed by atoms with van der Waals surface area (Å²) >= 11 is 0. The van der Waals surface area contributed by atoms with Gasteiger partial charge in [-0.3, -0.25) is 9.78 Å². The van der Waals surface area contributed by atoms with Crippen LogP contribution in [0.5, 0.6) is 0 Å². The van der Waals surface area contributed by atoms with Crippen LogP contribution in [0.2, 0.25) is 0 Å². The Hall–Kier alpha value is -2.17. The number of carbonyl (C=O) groups is 2. The fourth-order valence-corrected chi connectivity index (χ4v) is 1.03. The van der Waals surface area contributed by atoms with E-state index in [1.807, 2.05) is 0 Å². The molecule has 0 aliphatic heterocycles. The van der Waals surface area contributed by atoms with E-state index in [-0.39, 0.29) is 18.0 Å². The molecule has 0 aliphatic carbocycles. The Labute approximate surface area is 92.4 Å². The zero-order chi connectivity index (χ0) is 12.0. The molecule has 0 aliphatic rings. The molecule has 1 N–H and O–H groups in total. The number of carboxylic acid groups (broad SMARTS) is 1. The van der Waals surface area contributed by atoms with Gasteiger partial charge in [0.05, 0.1) is 24.8 Å². The van der Waals surface area contributed by atoms with Gasteiger partial charge in [-0.25, -0.2) is 4.79 Å². The van der Waals surface area contributed by atoms with Gasteiger partial charge in [0.2, 0.25) is 0 Å². The first-order chi connectivity index (χ1) is 7.63. The summed E-state index contributed by atoms with van der Waals surface area (Å²) in [4.78, 5) is 25.4. The number of esters is 1. The highest BCUT2D eigenvalue weighted by Gasteiger charge is 2.02. The molecule has 0 spiro atoms. The van der Waals surface area contributed by atoms with E-state index >= 15 is 0 Å². The number of hydrogen-bond acceptors (Lipinski definition) is 4. The van der Waals surface area contributed by atoms with Gasteiger partial charge >= 0.3 is 11.9 Å². The molecule has 5 heteroatoms. The van der Waals surface area contributed by atoms with Crippen LogP contribution < -0.4 is 0 Å². The second kappa shape index (κ2) is 5.65. The lowest BCUT2D eigenvalue weighted by molar-refractivity contribution is -0.139. The first kappa shape index (κ1) is 11.9. The van der Waals surface area contributed by atoms with Crippen molar-refractivity contribution in [3.05, 3.63) is 35.7 Å². The Balaban J connectivity index is 2.70.